The quantitative estimate of drug-likeness (QED) is 0.270. The van der Waals surface area contributed by atoms with Crippen molar-refractivity contribution in [1.29, 1.82) is 0 Å². The molecule has 4 nitrogen and oxygen atoms in total. The first-order valence-electron chi connectivity index (χ1n) is 14.6. The molecule has 0 aliphatic heterocycles. The predicted molar refractivity (Wildman–Crippen MR) is 149 cm³/mol. The van der Waals surface area contributed by atoms with Gasteiger partial charge in [-0.05, 0) is 113 Å². The molecule has 0 amide bonds. The number of fused-ring (bicyclic) bond motifs is 1. The van der Waals surface area contributed by atoms with Crippen LogP contribution >= 0.6 is 0 Å². The van der Waals surface area contributed by atoms with Gasteiger partial charge in [0.25, 0.3) is 0 Å². The Morgan fingerprint density at radius 3 is 2.19 bits per heavy atom. The molecule has 0 radical (unpaired) electrons. The molecular weight excluding hydrogens is 448 g/mol. The summed E-state index contributed by atoms with van der Waals surface area (Å²) in [6, 6.07) is 0. The highest BCUT2D eigenvalue weighted by Gasteiger charge is 2.51. The number of rotatable bonds is 10. The first-order chi connectivity index (χ1) is 16.7. The second-order valence-electron chi connectivity index (χ2n) is 13.8. The molecule has 0 saturated heterocycles. The Morgan fingerprint density at radius 1 is 1.00 bits per heavy atom. The minimum absolute atomic E-state index is 0.291. The molecule has 0 aromatic rings. The Hall–Kier alpha value is -0.940. The smallest absolute Gasteiger partial charge is 0.0811 e. The second-order valence-corrected chi connectivity index (χ2v) is 13.8. The zero-order valence-electron chi connectivity index (χ0n) is 23.7. The van der Waals surface area contributed by atoms with Crippen LogP contribution in [0.15, 0.2) is 35.5 Å². The maximum atomic E-state index is 10.3. The van der Waals surface area contributed by atoms with Gasteiger partial charge in [-0.3, -0.25) is 0 Å². The summed E-state index contributed by atoms with van der Waals surface area (Å²) in [4.78, 5) is 0. The van der Waals surface area contributed by atoms with Gasteiger partial charge in [0.1, 0.15) is 0 Å². The maximum absolute atomic E-state index is 10.3. The number of aliphatic hydroxyl groups excluding tert-OH is 2. The van der Waals surface area contributed by atoms with E-state index < -0.39 is 23.4 Å². The largest absolute Gasteiger partial charge is 0.393 e. The van der Waals surface area contributed by atoms with E-state index in [2.05, 4.69) is 25.7 Å². The van der Waals surface area contributed by atoms with Crippen LogP contribution in [0, 0.1) is 23.2 Å². The van der Waals surface area contributed by atoms with Gasteiger partial charge < -0.3 is 20.4 Å². The van der Waals surface area contributed by atoms with Crippen LogP contribution in [0.4, 0.5) is 0 Å². The number of hydrogen-bond acceptors (Lipinski definition) is 4. The molecule has 4 N–H and O–H groups in total. The van der Waals surface area contributed by atoms with Gasteiger partial charge in [-0.2, -0.15) is 0 Å². The fraction of sp³-hybridized carbons (Fsp3) is 0.812. The topological polar surface area (TPSA) is 80.9 Å². The predicted octanol–water partition coefficient (Wildman–Crippen LogP) is 6.63. The standard InChI is InChI=1S/C32H54O4/c1-22-25(20-26(33)21-29(22)34)14-13-24-12-9-19-32(6)27(15-16-28(24)32)23(10-7-17-30(2,3)35)11-8-18-31(4,5)36/h13-14,23,26-29,33-36H,1,7-12,15-21H2,2-6H3/t26-,27-,28?,29?,32-/m1/s1. The normalized spacial score (nSPS) is 34.1. The average molecular weight is 503 g/mol. The molecule has 3 rings (SSSR count). The third-order valence-corrected chi connectivity index (χ3v) is 9.60. The Bertz CT molecular complexity index is 791. The molecule has 2 unspecified atom stereocenters. The van der Waals surface area contributed by atoms with Gasteiger partial charge in [0.15, 0.2) is 0 Å². The zero-order chi connectivity index (χ0) is 26.7. The molecule has 5 atom stereocenters. The van der Waals surface area contributed by atoms with E-state index in [1.807, 2.05) is 27.7 Å². The van der Waals surface area contributed by atoms with Gasteiger partial charge in [-0.15, -0.1) is 0 Å². The summed E-state index contributed by atoms with van der Waals surface area (Å²) in [6.45, 7) is 14.3. The van der Waals surface area contributed by atoms with Gasteiger partial charge in [0.05, 0.1) is 23.4 Å². The Morgan fingerprint density at radius 2 is 1.61 bits per heavy atom. The second kappa shape index (κ2) is 11.8. The van der Waals surface area contributed by atoms with Crippen molar-refractivity contribution in [2.75, 3.05) is 0 Å². The maximum Gasteiger partial charge on any atom is 0.0811 e. The third kappa shape index (κ3) is 7.79. The lowest BCUT2D eigenvalue weighted by molar-refractivity contribution is 0.0480. The molecule has 0 bridgehead atoms. The summed E-state index contributed by atoms with van der Waals surface area (Å²) < 4.78 is 0. The molecule has 4 heteroatoms. The molecule has 0 aromatic heterocycles. The van der Waals surface area contributed by atoms with Crippen molar-refractivity contribution in [2.24, 2.45) is 23.2 Å². The van der Waals surface area contributed by atoms with Crippen molar-refractivity contribution < 1.29 is 20.4 Å². The Kier molecular flexibility index (Phi) is 9.74. The van der Waals surface area contributed by atoms with Gasteiger partial charge in [0, 0.05) is 6.42 Å². The van der Waals surface area contributed by atoms with E-state index in [9.17, 15) is 20.4 Å². The van der Waals surface area contributed by atoms with Gasteiger partial charge in [0.2, 0.25) is 0 Å². The van der Waals surface area contributed by atoms with Crippen LogP contribution in [0.25, 0.3) is 0 Å². The van der Waals surface area contributed by atoms with E-state index in [0.29, 0.717) is 36.0 Å². The molecular formula is C32H54O4. The van der Waals surface area contributed by atoms with Gasteiger partial charge >= 0.3 is 0 Å². The molecule has 3 saturated carbocycles. The molecule has 0 aromatic carbocycles. The van der Waals surface area contributed by atoms with Crippen LogP contribution in [0.5, 0.6) is 0 Å². The van der Waals surface area contributed by atoms with Crippen LogP contribution in [0.1, 0.15) is 118 Å². The molecule has 0 heterocycles. The minimum Gasteiger partial charge on any atom is -0.393 e. The summed E-state index contributed by atoms with van der Waals surface area (Å²) in [5, 5.41) is 40.9. The molecule has 3 aliphatic rings. The van der Waals surface area contributed by atoms with Crippen LogP contribution < -0.4 is 0 Å². The Labute approximate surface area is 220 Å². The third-order valence-electron chi connectivity index (χ3n) is 9.60. The van der Waals surface area contributed by atoms with Crippen molar-refractivity contribution in [3.8, 4) is 0 Å². The van der Waals surface area contributed by atoms with E-state index in [0.717, 1.165) is 56.1 Å². The van der Waals surface area contributed by atoms with Crippen molar-refractivity contribution >= 4 is 0 Å². The van der Waals surface area contributed by atoms with Crippen LogP contribution in [-0.4, -0.2) is 43.8 Å². The first kappa shape index (κ1) is 29.6. The highest BCUT2D eigenvalue weighted by Crippen LogP contribution is 2.60. The SMILES string of the molecule is C=C1C(=CC=C2CCC[C@@]3(C)C2CC[C@@H]3C(CCCC(C)(C)O)CCCC(C)(C)O)C[C@@H](O)CC1O. The summed E-state index contributed by atoms with van der Waals surface area (Å²) in [6.07, 6.45) is 16.5. The van der Waals surface area contributed by atoms with Crippen molar-refractivity contribution in [1.82, 2.24) is 0 Å². The summed E-state index contributed by atoms with van der Waals surface area (Å²) in [5.41, 5.74) is 2.36. The van der Waals surface area contributed by atoms with Crippen LogP contribution in [0.3, 0.4) is 0 Å². The molecule has 36 heavy (non-hydrogen) atoms. The van der Waals surface area contributed by atoms with E-state index >= 15 is 0 Å². The van der Waals surface area contributed by atoms with Gasteiger partial charge in [-0.25, -0.2) is 0 Å². The van der Waals surface area contributed by atoms with Crippen molar-refractivity contribution in [3.63, 3.8) is 0 Å². The first-order valence-corrected chi connectivity index (χ1v) is 14.6. The zero-order valence-corrected chi connectivity index (χ0v) is 23.7. The van der Waals surface area contributed by atoms with E-state index in [1.165, 1.54) is 31.3 Å². The monoisotopic (exact) mass is 502 g/mol. The molecule has 206 valence electrons. The van der Waals surface area contributed by atoms with Crippen molar-refractivity contribution in [3.05, 3.63) is 35.5 Å². The fourth-order valence-electron chi connectivity index (χ4n) is 7.66. The summed E-state index contributed by atoms with van der Waals surface area (Å²) in [7, 11) is 0. The lowest BCUT2D eigenvalue weighted by Crippen LogP contribution is -2.37. The van der Waals surface area contributed by atoms with E-state index in [-0.39, 0.29) is 0 Å². The minimum atomic E-state index is -0.639. The molecule has 0 spiro atoms. The summed E-state index contributed by atoms with van der Waals surface area (Å²) >= 11 is 0. The van der Waals surface area contributed by atoms with Gasteiger partial charge in [-0.1, -0.05) is 56.9 Å². The number of aliphatic hydroxyl groups is 4. The molecule has 3 fully saturated rings. The number of hydrogen-bond donors (Lipinski definition) is 4. The van der Waals surface area contributed by atoms with Crippen LogP contribution in [0.2, 0.25) is 0 Å². The van der Waals surface area contributed by atoms with Crippen LogP contribution in [-0.2, 0) is 0 Å². The summed E-state index contributed by atoms with van der Waals surface area (Å²) in [5.74, 6) is 1.90. The average Bonchev–Trinajstić information content (AvgIpc) is 3.10. The number of allylic oxidation sites excluding steroid dienone is 3. The molecule has 3 aliphatic carbocycles. The fourth-order valence-corrected chi connectivity index (χ4v) is 7.66. The lowest BCUT2D eigenvalue weighted by Gasteiger charge is -2.45. The highest BCUT2D eigenvalue weighted by atomic mass is 16.3. The lowest BCUT2D eigenvalue weighted by atomic mass is 9.60. The highest BCUT2D eigenvalue weighted by molar-refractivity contribution is 5.38. The van der Waals surface area contributed by atoms with E-state index in [1.54, 1.807) is 0 Å². The Balaban J connectivity index is 1.77. The van der Waals surface area contributed by atoms with E-state index in [4.69, 9.17) is 0 Å². The van der Waals surface area contributed by atoms with Crippen molar-refractivity contribution in [2.45, 2.75) is 141 Å².